The van der Waals surface area contributed by atoms with Gasteiger partial charge in [-0.3, -0.25) is 4.79 Å². The molecule has 1 aliphatic carbocycles. The first kappa shape index (κ1) is 20.5. The SMILES string of the molecule is CN(Cc1ccc(OCC(=O)NCCC2=CCCCC2)cc1)S(C)(=O)=O. The van der Waals surface area contributed by atoms with Crippen LogP contribution in [-0.4, -0.2) is 45.1 Å². The molecule has 0 fully saturated rings. The summed E-state index contributed by atoms with van der Waals surface area (Å²) in [4.78, 5) is 11.9. The highest BCUT2D eigenvalue weighted by Crippen LogP contribution is 2.19. The Balaban J connectivity index is 1.70. The van der Waals surface area contributed by atoms with Gasteiger partial charge in [0.2, 0.25) is 10.0 Å². The molecule has 0 aromatic heterocycles. The number of allylic oxidation sites excluding steroid dienone is 1. The van der Waals surface area contributed by atoms with Gasteiger partial charge in [0.15, 0.2) is 6.61 Å². The normalized spacial score (nSPS) is 14.8. The first-order chi connectivity index (χ1) is 12.3. The average Bonchev–Trinajstić information content (AvgIpc) is 2.61. The maximum absolute atomic E-state index is 11.9. The van der Waals surface area contributed by atoms with E-state index in [1.54, 1.807) is 24.3 Å². The Morgan fingerprint density at radius 1 is 1.23 bits per heavy atom. The Kier molecular flexibility index (Phi) is 7.66. The fraction of sp³-hybridized carbons (Fsp3) is 0.526. The van der Waals surface area contributed by atoms with Crippen molar-refractivity contribution in [1.82, 2.24) is 9.62 Å². The molecule has 7 heteroatoms. The summed E-state index contributed by atoms with van der Waals surface area (Å²) in [5.74, 6) is 0.447. The van der Waals surface area contributed by atoms with Crippen molar-refractivity contribution in [3.63, 3.8) is 0 Å². The third-order valence-electron chi connectivity index (χ3n) is 4.42. The number of sulfonamides is 1. The summed E-state index contributed by atoms with van der Waals surface area (Å²) in [7, 11) is -1.67. The van der Waals surface area contributed by atoms with Crippen molar-refractivity contribution >= 4 is 15.9 Å². The highest BCUT2D eigenvalue weighted by atomic mass is 32.2. The van der Waals surface area contributed by atoms with Gasteiger partial charge in [0.1, 0.15) is 5.75 Å². The standard InChI is InChI=1S/C19H28N2O4S/c1-21(26(2,23)24)14-17-8-10-18(11-9-17)25-15-19(22)20-13-12-16-6-4-3-5-7-16/h6,8-11H,3-5,7,12-15H2,1-2H3,(H,20,22). The van der Waals surface area contributed by atoms with Crippen molar-refractivity contribution in [3.05, 3.63) is 41.5 Å². The van der Waals surface area contributed by atoms with Crippen LogP contribution < -0.4 is 10.1 Å². The van der Waals surface area contributed by atoms with Crippen LogP contribution in [0.15, 0.2) is 35.9 Å². The quantitative estimate of drug-likeness (QED) is 0.668. The molecule has 0 heterocycles. The number of amides is 1. The van der Waals surface area contributed by atoms with Crippen LogP contribution in [0.4, 0.5) is 0 Å². The van der Waals surface area contributed by atoms with Gasteiger partial charge in [-0.2, -0.15) is 0 Å². The molecule has 0 aliphatic heterocycles. The molecule has 2 rings (SSSR count). The molecule has 144 valence electrons. The molecule has 0 atom stereocenters. The van der Waals surface area contributed by atoms with Crippen LogP contribution in [0.3, 0.4) is 0 Å². The van der Waals surface area contributed by atoms with Gasteiger partial charge in [0, 0.05) is 20.1 Å². The largest absolute Gasteiger partial charge is 0.484 e. The predicted octanol–water partition coefficient (Wildman–Crippen LogP) is 2.46. The van der Waals surface area contributed by atoms with E-state index in [-0.39, 0.29) is 12.5 Å². The van der Waals surface area contributed by atoms with E-state index in [9.17, 15) is 13.2 Å². The third kappa shape index (κ3) is 7.17. The third-order valence-corrected chi connectivity index (χ3v) is 5.68. The highest BCUT2D eigenvalue weighted by molar-refractivity contribution is 7.88. The lowest BCUT2D eigenvalue weighted by Crippen LogP contribution is -2.30. The van der Waals surface area contributed by atoms with Crippen molar-refractivity contribution in [2.75, 3.05) is 26.5 Å². The summed E-state index contributed by atoms with van der Waals surface area (Å²) in [6.45, 7) is 0.919. The first-order valence-electron chi connectivity index (χ1n) is 8.92. The molecular formula is C19H28N2O4S. The predicted molar refractivity (Wildman–Crippen MR) is 102 cm³/mol. The van der Waals surface area contributed by atoms with Crippen molar-refractivity contribution in [1.29, 1.82) is 0 Å². The number of nitrogens with zero attached hydrogens (tertiary/aromatic N) is 1. The fourth-order valence-corrected chi connectivity index (χ4v) is 3.14. The van der Waals surface area contributed by atoms with Crippen LogP contribution in [0, 0.1) is 0 Å². The van der Waals surface area contributed by atoms with Crippen LogP contribution in [-0.2, 0) is 21.4 Å². The Labute approximate surface area is 156 Å². The number of carbonyl (C=O) groups excluding carboxylic acids is 1. The minimum atomic E-state index is -3.20. The molecule has 26 heavy (non-hydrogen) atoms. The molecule has 0 saturated carbocycles. The van der Waals surface area contributed by atoms with E-state index in [1.807, 2.05) is 0 Å². The number of hydrogen-bond donors (Lipinski definition) is 1. The Morgan fingerprint density at radius 2 is 1.96 bits per heavy atom. The summed E-state index contributed by atoms with van der Waals surface area (Å²) in [5.41, 5.74) is 2.29. The minimum Gasteiger partial charge on any atom is -0.484 e. The Bertz CT molecular complexity index is 726. The number of rotatable bonds is 9. The average molecular weight is 381 g/mol. The van der Waals surface area contributed by atoms with Gasteiger partial charge in [-0.05, 0) is 49.8 Å². The second kappa shape index (κ2) is 9.73. The molecule has 0 spiro atoms. The monoisotopic (exact) mass is 380 g/mol. The molecule has 0 bridgehead atoms. The maximum atomic E-state index is 11.9. The molecule has 0 radical (unpaired) electrons. The molecule has 0 unspecified atom stereocenters. The lowest BCUT2D eigenvalue weighted by molar-refractivity contribution is -0.123. The Morgan fingerprint density at radius 3 is 2.58 bits per heavy atom. The van der Waals surface area contributed by atoms with Crippen molar-refractivity contribution < 1.29 is 17.9 Å². The highest BCUT2D eigenvalue weighted by Gasteiger charge is 2.11. The fourth-order valence-electron chi connectivity index (χ4n) is 2.76. The van der Waals surface area contributed by atoms with E-state index in [0.29, 0.717) is 18.8 Å². The molecule has 1 aliphatic rings. The van der Waals surface area contributed by atoms with Crippen molar-refractivity contribution in [2.45, 2.75) is 38.6 Å². The first-order valence-corrected chi connectivity index (χ1v) is 10.8. The minimum absolute atomic E-state index is 0.0262. The summed E-state index contributed by atoms with van der Waals surface area (Å²) < 4.78 is 29.6. The van der Waals surface area contributed by atoms with Crippen LogP contribution >= 0.6 is 0 Å². The summed E-state index contributed by atoms with van der Waals surface area (Å²) in [5, 5.41) is 2.88. The summed E-state index contributed by atoms with van der Waals surface area (Å²) in [6, 6.07) is 7.08. The molecule has 1 amide bonds. The second-order valence-electron chi connectivity index (χ2n) is 6.66. The lowest BCUT2D eigenvalue weighted by atomic mass is 9.97. The Hall–Kier alpha value is -1.86. The van der Waals surface area contributed by atoms with Gasteiger partial charge in [0.25, 0.3) is 5.91 Å². The van der Waals surface area contributed by atoms with Gasteiger partial charge < -0.3 is 10.1 Å². The molecule has 1 N–H and O–H groups in total. The van der Waals surface area contributed by atoms with Crippen LogP contribution in [0.2, 0.25) is 0 Å². The zero-order valence-electron chi connectivity index (χ0n) is 15.5. The molecule has 6 nitrogen and oxygen atoms in total. The molecule has 1 aromatic carbocycles. The number of carbonyl (C=O) groups is 1. The molecule has 1 aromatic rings. The zero-order chi connectivity index (χ0) is 19.0. The van der Waals surface area contributed by atoms with Gasteiger partial charge >= 0.3 is 0 Å². The lowest BCUT2D eigenvalue weighted by Gasteiger charge is -2.14. The van der Waals surface area contributed by atoms with E-state index < -0.39 is 10.0 Å². The topological polar surface area (TPSA) is 75.7 Å². The van der Waals surface area contributed by atoms with Crippen molar-refractivity contribution in [3.8, 4) is 5.75 Å². The van der Waals surface area contributed by atoms with E-state index >= 15 is 0 Å². The summed E-state index contributed by atoms with van der Waals surface area (Å²) >= 11 is 0. The summed E-state index contributed by atoms with van der Waals surface area (Å²) in [6.07, 6.45) is 9.19. The number of hydrogen-bond acceptors (Lipinski definition) is 4. The second-order valence-corrected chi connectivity index (χ2v) is 8.75. The smallest absolute Gasteiger partial charge is 0.257 e. The maximum Gasteiger partial charge on any atom is 0.257 e. The number of ether oxygens (including phenoxy) is 1. The van der Waals surface area contributed by atoms with Crippen LogP contribution in [0.25, 0.3) is 0 Å². The van der Waals surface area contributed by atoms with Crippen molar-refractivity contribution in [2.24, 2.45) is 0 Å². The van der Waals surface area contributed by atoms with Crippen LogP contribution in [0.5, 0.6) is 5.75 Å². The van der Waals surface area contributed by atoms with E-state index in [0.717, 1.165) is 24.8 Å². The van der Waals surface area contributed by atoms with E-state index in [1.165, 1.54) is 36.0 Å². The van der Waals surface area contributed by atoms with Gasteiger partial charge in [0.05, 0.1) is 6.26 Å². The van der Waals surface area contributed by atoms with E-state index in [4.69, 9.17) is 4.74 Å². The number of nitrogens with one attached hydrogen (secondary N) is 1. The van der Waals surface area contributed by atoms with Gasteiger partial charge in [-0.25, -0.2) is 12.7 Å². The van der Waals surface area contributed by atoms with Gasteiger partial charge in [-0.1, -0.05) is 23.8 Å². The van der Waals surface area contributed by atoms with E-state index in [2.05, 4.69) is 11.4 Å². The molecule has 0 saturated heterocycles. The van der Waals surface area contributed by atoms with Gasteiger partial charge in [-0.15, -0.1) is 0 Å². The zero-order valence-corrected chi connectivity index (χ0v) is 16.3. The van der Waals surface area contributed by atoms with Crippen LogP contribution in [0.1, 0.15) is 37.7 Å². The molecular weight excluding hydrogens is 352 g/mol. The number of benzene rings is 1.